The van der Waals surface area contributed by atoms with Crippen LogP contribution in [0.4, 0.5) is 4.79 Å². The molecule has 2 amide bonds. The first-order valence-electron chi connectivity index (χ1n) is 10.0. The van der Waals surface area contributed by atoms with E-state index in [2.05, 4.69) is 93.5 Å². The molecule has 1 aliphatic rings. The number of carbonyl (C=O) groups excluding carboxylic acids is 1. The zero-order valence-corrected chi connectivity index (χ0v) is 18.8. The number of allylic oxidation sites excluding steroid dienone is 1. The van der Waals surface area contributed by atoms with E-state index in [4.69, 9.17) is 4.74 Å². The largest absolute Gasteiger partial charge is 0.493 e. The Morgan fingerprint density at radius 1 is 0.909 bits per heavy atom. The first-order valence-corrected chi connectivity index (χ1v) is 10.0. The SMILES string of the molecule is CC#CC#CC#CC#CC#CC#CC#Cc1cccc(OCC)c1C1NC(=O)NC(C)=C1C.[HH].[HH].[HH].[HH].[HH].[HH].[HH].[HH].[HH].[HH].[HH].[HH]. The van der Waals surface area contributed by atoms with Gasteiger partial charge in [-0.05, 0) is 116 Å². The van der Waals surface area contributed by atoms with Gasteiger partial charge in [-0.15, -0.1) is 0 Å². The third-order valence-corrected chi connectivity index (χ3v) is 4.27. The minimum absolute atomic E-state index is 0. The molecular weight excluding hydrogens is 408 g/mol. The summed E-state index contributed by atoms with van der Waals surface area (Å²) in [6, 6.07) is 4.97. The van der Waals surface area contributed by atoms with Crippen LogP contribution in [-0.4, -0.2) is 12.6 Å². The van der Waals surface area contributed by atoms with Crippen LogP contribution in [0.2, 0.25) is 0 Å². The molecule has 0 saturated heterocycles. The van der Waals surface area contributed by atoms with Crippen molar-refractivity contribution >= 4 is 6.03 Å². The Morgan fingerprint density at radius 3 is 2.06 bits per heavy atom. The molecule has 0 aliphatic carbocycles. The third kappa shape index (κ3) is 7.61. The van der Waals surface area contributed by atoms with Crippen molar-refractivity contribution in [2.24, 2.45) is 0 Å². The van der Waals surface area contributed by atoms with Crippen LogP contribution in [0.15, 0.2) is 29.5 Å². The van der Waals surface area contributed by atoms with Crippen LogP contribution in [0, 0.1) is 82.9 Å². The summed E-state index contributed by atoms with van der Waals surface area (Å²) in [5, 5.41) is 5.73. The lowest BCUT2D eigenvalue weighted by molar-refractivity contribution is 0.238. The van der Waals surface area contributed by atoms with Gasteiger partial charge >= 0.3 is 6.03 Å². The van der Waals surface area contributed by atoms with E-state index in [-0.39, 0.29) is 29.2 Å². The quantitative estimate of drug-likeness (QED) is 0.546. The van der Waals surface area contributed by atoms with E-state index < -0.39 is 0 Å². The Balaban J connectivity index is -0.000000107. The summed E-state index contributed by atoms with van der Waals surface area (Å²) >= 11 is 0. The van der Waals surface area contributed by atoms with Gasteiger partial charge in [0, 0.05) is 33.9 Å². The lowest BCUT2D eigenvalue weighted by Crippen LogP contribution is -2.43. The van der Waals surface area contributed by atoms with Crippen LogP contribution in [0.25, 0.3) is 0 Å². The average molecular weight is 453 g/mol. The van der Waals surface area contributed by atoms with Gasteiger partial charge in [0.05, 0.1) is 12.6 Å². The molecule has 2 rings (SSSR count). The zero-order valence-electron chi connectivity index (χ0n) is 18.8. The summed E-state index contributed by atoms with van der Waals surface area (Å²) < 4.78 is 5.81. The normalized spacial score (nSPS) is 12.6. The van der Waals surface area contributed by atoms with Crippen LogP contribution in [0.1, 0.15) is 62.0 Å². The van der Waals surface area contributed by atoms with Gasteiger partial charge in [-0.25, -0.2) is 4.79 Å². The Labute approximate surface area is 213 Å². The van der Waals surface area contributed by atoms with Crippen molar-refractivity contribution in [1.29, 1.82) is 0 Å². The van der Waals surface area contributed by atoms with Crippen LogP contribution in [-0.2, 0) is 0 Å². The van der Waals surface area contributed by atoms with Gasteiger partial charge in [0.15, 0.2) is 0 Å². The number of rotatable bonds is 3. The van der Waals surface area contributed by atoms with Crippen molar-refractivity contribution < 1.29 is 26.7 Å². The van der Waals surface area contributed by atoms with Gasteiger partial charge in [-0.3, -0.25) is 0 Å². The van der Waals surface area contributed by atoms with E-state index in [1.165, 1.54) is 0 Å². The molecule has 4 heteroatoms. The van der Waals surface area contributed by atoms with Crippen LogP contribution >= 0.6 is 0 Å². The highest BCUT2D eigenvalue weighted by molar-refractivity contribution is 5.79. The summed E-state index contributed by atoms with van der Waals surface area (Å²) in [4.78, 5) is 12.1. The van der Waals surface area contributed by atoms with E-state index >= 15 is 0 Å². The maximum Gasteiger partial charge on any atom is 0.319 e. The molecule has 1 unspecified atom stereocenters. The molecule has 0 aromatic heterocycles. The van der Waals surface area contributed by atoms with Crippen molar-refractivity contribution in [3.63, 3.8) is 0 Å². The van der Waals surface area contributed by atoms with E-state index in [1.807, 2.05) is 39.0 Å². The number of nitrogens with one attached hydrogen (secondary N) is 2. The Hall–Kier alpha value is -5.05. The van der Waals surface area contributed by atoms with Gasteiger partial charge in [-0.2, -0.15) is 0 Å². The first kappa shape index (κ1) is 24.2. The summed E-state index contributed by atoms with van der Waals surface area (Å²) in [6.07, 6.45) is 0. The maximum atomic E-state index is 12.1. The van der Waals surface area contributed by atoms with Gasteiger partial charge in [0.25, 0.3) is 0 Å². The molecule has 1 aromatic carbocycles. The number of hydrogen-bond acceptors (Lipinski definition) is 2. The van der Waals surface area contributed by atoms with Crippen molar-refractivity contribution in [2.75, 3.05) is 6.61 Å². The summed E-state index contributed by atoms with van der Waals surface area (Å²) in [5.74, 6) is 37.6. The van der Waals surface area contributed by atoms with Crippen LogP contribution in [0.3, 0.4) is 0 Å². The third-order valence-electron chi connectivity index (χ3n) is 4.27. The number of amides is 2. The molecule has 182 valence electrons. The standard InChI is InChI=1S/C29H20N2O2.12H2/c1-5-7-8-9-10-11-12-13-14-15-16-17-18-20-25-21-19-22-26(33-6-2)27(25)28-23(3)24(4)30-29(32)31-28;;;;;;;;;;;;/h19,21-22,28H,6H2,1-4H3,(H2,30,31,32);12*1H. The van der Waals surface area contributed by atoms with Crippen molar-refractivity contribution in [3.05, 3.63) is 40.6 Å². The Kier molecular flexibility index (Phi) is 9.76. The molecule has 1 aliphatic heterocycles. The lowest BCUT2D eigenvalue weighted by Gasteiger charge is -2.29. The van der Waals surface area contributed by atoms with Gasteiger partial charge < -0.3 is 15.4 Å². The van der Waals surface area contributed by atoms with Gasteiger partial charge in [-0.1, -0.05) is 17.9 Å². The van der Waals surface area contributed by atoms with E-state index in [0.717, 1.165) is 16.8 Å². The summed E-state index contributed by atoms with van der Waals surface area (Å²) in [7, 11) is 0. The molecule has 33 heavy (non-hydrogen) atoms. The van der Waals surface area contributed by atoms with Crippen LogP contribution < -0.4 is 15.4 Å². The molecule has 0 saturated carbocycles. The topological polar surface area (TPSA) is 50.4 Å². The Morgan fingerprint density at radius 2 is 1.48 bits per heavy atom. The smallest absolute Gasteiger partial charge is 0.319 e. The predicted octanol–water partition coefficient (Wildman–Crippen LogP) is 6.08. The molecule has 0 bridgehead atoms. The van der Waals surface area contributed by atoms with E-state index in [0.29, 0.717) is 17.9 Å². The summed E-state index contributed by atoms with van der Waals surface area (Å²) in [5.41, 5.74) is 3.29. The average Bonchev–Trinajstić information content (AvgIpc) is 2.80. The molecule has 1 aromatic rings. The fraction of sp³-hybridized carbons (Fsp3) is 0.207. The highest BCUT2D eigenvalue weighted by Crippen LogP contribution is 2.35. The molecular formula is C29H44N2O2. The molecule has 0 spiro atoms. The summed E-state index contributed by atoms with van der Waals surface area (Å²) in [6.45, 7) is 7.92. The number of ether oxygens (including phenoxy) is 1. The monoisotopic (exact) mass is 452 g/mol. The van der Waals surface area contributed by atoms with E-state index in [1.54, 1.807) is 6.92 Å². The number of benzene rings is 1. The molecule has 1 atom stereocenters. The zero-order chi connectivity index (χ0) is 23.9. The van der Waals surface area contributed by atoms with Crippen LogP contribution in [0.5, 0.6) is 5.75 Å². The Bertz CT molecular complexity index is 1450. The minimum atomic E-state index is -0.353. The van der Waals surface area contributed by atoms with Crippen molar-refractivity contribution in [2.45, 2.75) is 33.7 Å². The van der Waals surface area contributed by atoms with Gasteiger partial charge in [0.1, 0.15) is 5.75 Å². The fourth-order valence-corrected chi connectivity index (χ4v) is 2.76. The fourth-order valence-electron chi connectivity index (χ4n) is 2.76. The second kappa shape index (κ2) is 13.3. The highest BCUT2D eigenvalue weighted by Gasteiger charge is 2.28. The number of urea groups is 1. The minimum Gasteiger partial charge on any atom is -0.493 e. The molecule has 0 radical (unpaired) electrons. The first-order chi connectivity index (χ1) is 16.1. The predicted molar refractivity (Wildman–Crippen MR) is 155 cm³/mol. The highest BCUT2D eigenvalue weighted by atomic mass is 16.5. The second-order valence-corrected chi connectivity index (χ2v) is 6.36. The maximum absolute atomic E-state index is 12.1. The number of hydrogen-bond donors (Lipinski definition) is 2. The molecule has 2 N–H and O–H groups in total. The van der Waals surface area contributed by atoms with Crippen molar-refractivity contribution in [1.82, 2.24) is 10.6 Å². The second-order valence-electron chi connectivity index (χ2n) is 6.36. The van der Waals surface area contributed by atoms with Crippen molar-refractivity contribution in [3.8, 4) is 88.6 Å². The molecule has 1 heterocycles. The van der Waals surface area contributed by atoms with E-state index in [9.17, 15) is 4.79 Å². The van der Waals surface area contributed by atoms with Gasteiger partial charge in [0.2, 0.25) is 0 Å². The molecule has 0 fully saturated rings. The molecule has 4 nitrogen and oxygen atoms in total. The number of carbonyl (C=O) groups is 1. The lowest BCUT2D eigenvalue weighted by atomic mass is 9.92.